The maximum Gasteiger partial charge on any atom is 0.267 e. The number of carbonyl (C=O) groups is 1. The lowest BCUT2D eigenvalue weighted by Crippen LogP contribution is -2.23. The number of carbonyl (C=O) groups excluding carboxylic acids is 1. The lowest BCUT2D eigenvalue weighted by molar-refractivity contribution is -0.115. The van der Waals surface area contributed by atoms with Crippen LogP contribution < -0.4 is 10.9 Å². The second-order valence-corrected chi connectivity index (χ2v) is 9.12. The van der Waals surface area contributed by atoms with E-state index < -0.39 is 5.25 Å². The molecular formula is C24H18ClN5O2S. The normalized spacial score (nSPS) is 12.2. The highest BCUT2D eigenvalue weighted by atomic mass is 35.5. The Morgan fingerprint density at radius 1 is 1.00 bits per heavy atom. The molecule has 0 saturated carbocycles. The number of nitrogens with zero attached hydrogens (tertiary/aromatic N) is 4. The van der Waals surface area contributed by atoms with Gasteiger partial charge in [0.1, 0.15) is 0 Å². The first-order valence-electron chi connectivity index (χ1n) is 10.2. The smallest absolute Gasteiger partial charge is 0.267 e. The summed E-state index contributed by atoms with van der Waals surface area (Å²) >= 11 is 7.28. The monoisotopic (exact) mass is 475 g/mol. The summed E-state index contributed by atoms with van der Waals surface area (Å²) in [6.07, 6.45) is 0. The summed E-state index contributed by atoms with van der Waals surface area (Å²) in [5.74, 6) is 0.189. The molecule has 1 amide bonds. The molecule has 0 fully saturated rings. The third-order valence-corrected chi connectivity index (χ3v) is 6.43. The maximum absolute atomic E-state index is 13.3. The summed E-state index contributed by atoms with van der Waals surface area (Å²) in [4.78, 5) is 26.1. The van der Waals surface area contributed by atoms with Gasteiger partial charge in [0.15, 0.2) is 5.16 Å². The number of hydrogen-bond acceptors (Lipinski definition) is 5. The van der Waals surface area contributed by atoms with Crippen molar-refractivity contribution < 1.29 is 4.79 Å². The number of amides is 1. The molecule has 0 bridgehead atoms. The van der Waals surface area contributed by atoms with Crippen LogP contribution in [0, 0.1) is 0 Å². The molecule has 33 heavy (non-hydrogen) atoms. The topological polar surface area (TPSA) is 81.3 Å². The predicted octanol–water partition coefficient (Wildman–Crippen LogP) is 4.81. The molecular weight excluding hydrogens is 458 g/mol. The van der Waals surface area contributed by atoms with E-state index in [0.29, 0.717) is 38.2 Å². The van der Waals surface area contributed by atoms with Crippen LogP contribution in [-0.4, -0.2) is 30.3 Å². The fourth-order valence-electron chi connectivity index (χ4n) is 3.59. The lowest BCUT2D eigenvalue weighted by atomic mass is 10.2. The zero-order chi connectivity index (χ0) is 22.9. The molecule has 0 aliphatic heterocycles. The Hall–Kier alpha value is -3.62. The van der Waals surface area contributed by atoms with E-state index in [0.717, 1.165) is 0 Å². The van der Waals surface area contributed by atoms with Gasteiger partial charge < -0.3 is 5.32 Å². The van der Waals surface area contributed by atoms with Crippen LogP contribution in [0.1, 0.15) is 6.92 Å². The number of aromatic nitrogens is 4. The largest absolute Gasteiger partial charge is 0.325 e. The van der Waals surface area contributed by atoms with Crippen molar-refractivity contribution in [1.29, 1.82) is 0 Å². The molecule has 0 aliphatic carbocycles. The summed E-state index contributed by atoms with van der Waals surface area (Å²) in [6, 6.07) is 23.6. The Labute approximate surface area is 198 Å². The van der Waals surface area contributed by atoms with Crippen LogP contribution in [0.25, 0.3) is 22.4 Å². The Kier molecular flexibility index (Phi) is 5.62. The second kappa shape index (κ2) is 8.73. The second-order valence-electron chi connectivity index (χ2n) is 7.37. The highest BCUT2D eigenvalue weighted by molar-refractivity contribution is 8.00. The van der Waals surface area contributed by atoms with Gasteiger partial charge in [-0.25, -0.2) is 4.57 Å². The average molecular weight is 476 g/mol. The van der Waals surface area contributed by atoms with Gasteiger partial charge in [-0.3, -0.25) is 14.0 Å². The Balaban J connectivity index is 1.58. The SMILES string of the molecule is CC(Sc1nnc2n(-c3ccccc3)c(=O)c3ccccc3n12)C(=O)Nc1cccc(Cl)c1. The number of rotatable bonds is 5. The number of anilines is 1. The highest BCUT2D eigenvalue weighted by Gasteiger charge is 2.22. The molecule has 5 aromatic rings. The fraction of sp³-hybridized carbons (Fsp3) is 0.0833. The van der Waals surface area contributed by atoms with E-state index in [1.165, 1.54) is 16.3 Å². The summed E-state index contributed by atoms with van der Waals surface area (Å²) in [5, 5.41) is 12.6. The molecule has 0 aliphatic rings. The van der Waals surface area contributed by atoms with Crippen molar-refractivity contribution in [2.45, 2.75) is 17.3 Å². The van der Waals surface area contributed by atoms with Crippen molar-refractivity contribution in [3.63, 3.8) is 0 Å². The summed E-state index contributed by atoms with van der Waals surface area (Å²) in [7, 11) is 0. The molecule has 9 heteroatoms. The van der Waals surface area contributed by atoms with Crippen molar-refractivity contribution in [2.24, 2.45) is 0 Å². The fourth-order valence-corrected chi connectivity index (χ4v) is 4.63. The summed E-state index contributed by atoms with van der Waals surface area (Å²) in [6.45, 7) is 1.79. The van der Waals surface area contributed by atoms with Crippen molar-refractivity contribution >= 4 is 51.6 Å². The maximum atomic E-state index is 13.3. The molecule has 1 N–H and O–H groups in total. The number of halogens is 1. The molecule has 2 aromatic heterocycles. The van der Waals surface area contributed by atoms with Crippen molar-refractivity contribution in [3.8, 4) is 5.69 Å². The molecule has 164 valence electrons. The molecule has 7 nitrogen and oxygen atoms in total. The molecule has 5 rings (SSSR count). The van der Waals surface area contributed by atoms with Crippen LogP contribution >= 0.6 is 23.4 Å². The Bertz CT molecular complexity index is 1550. The zero-order valence-electron chi connectivity index (χ0n) is 17.5. The first kappa shape index (κ1) is 21.2. The number of thioether (sulfide) groups is 1. The first-order chi connectivity index (χ1) is 16.0. The van der Waals surface area contributed by atoms with Gasteiger partial charge in [0.05, 0.1) is 21.8 Å². The highest BCUT2D eigenvalue weighted by Crippen LogP contribution is 2.27. The van der Waals surface area contributed by atoms with Crippen LogP contribution in [0.4, 0.5) is 5.69 Å². The lowest BCUT2D eigenvalue weighted by Gasteiger charge is -2.13. The van der Waals surface area contributed by atoms with Crippen molar-refractivity contribution in [2.75, 3.05) is 5.32 Å². The van der Waals surface area contributed by atoms with Gasteiger partial charge in [-0.2, -0.15) is 0 Å². The van der Waals surface area contributed by atoms with Crippen LogP contribution in [0.3, 0.4) is 0 Å². The van der Waals surface area contributed by atoms with Crippen LogP contribution in [0.15, 0.2) is 88.8 Å². The Morgan fingerprint density at radius 2 is 1.76 bits per heavy atom. The van der Waals surface area contributed by atoms with Gasteiger partial charge >= 0.3 is 0 Å². The molecule has 2 heterocycles. The molecule has 0 saturated heterocycles. The van der Waals surface area contributed by atoms with E-state index in [9.17, 15) is 9.59 Å². The van der Waals surface area contributed by atoms with Gasteiger partial charge in [0.25, 0.3) is 5.56 Å². The van der Waals surface area contributed by atoms with E-state index in [2.05, 4.69) is 15.5 Å². The third kappa shape index (κ3) is 3.99. The van der Waals surface area contributed by atoms with Crippen LogP contribution in [0.5, 0.6) is 0 Å². The molecule has 1 unspecified atom stereocenters. The van der Waals surface area contributed by atoms with Gasteiger partial charge in [-0.05, 0) is 49.4 Å². The number of nitrogens with one attached hydrogen (secondary N) is 1. The Morgan fingerprint density at radius 3 is 2.55 bits per heavy atom. The first-order valence-corrected chi connectivity index (χ1v) is 11.5. The van der Waals surface area contributed by atoms with Crippen LogP contribution in [-0.2, 0) is 4.79 Å². The van der Waals surface area contributed by atoms with Gasteiger partial charge in [-0.15, -0.1) is 10.2 Å². The van der Waals surface area contributed by atoms with Gasteiger partial charge in [0.2, 0.25) is 11.7 Å². The quantitative estimate of drug-likeness (QED) is 0.369. The van der Waals surface area contributed by atoms with E-state index >= 15 is 0 Å². The molecule has 0 spiro atoms. The van der Waals surface area contributed by atoms with E-state index in [-0.39, 0.29) is 11.5 Å². The van der Waals surface area contributed by atoms with E-state index in [1.54, 1.807) is 37.3 Å². The standard InChI is InChI=1S/C24H18ClN5O2S/c1-15(21(31)26-17-9-7-8-16(25)14-17)33-24-28-27-23-29(18-10-3-2-4-11-18)22(32)19-12-5-6-13-20(19)30(23)24/h2-15H,1H3,(H,26,31). The minimum absolute atomic E-state index is 0.181. The van der Waals surface area contributed by atoms with E-state index in [1.807, 2.05) is 52.9 Å². The van der Waals surface area contributed by atoms with Crippen molar-refractivity contribution in [3.05, 3.63) is 94.2 Å². The minimum Gasteiger partial charge on any atom is -0.325 e. The number of para-hydroxylation sites is 2. The van der Waals surface area contributed by atoms with Gasteiger partial charge in [-0.1, -0.05) is 59.8 Å². The van der Waals surface area contributed by atoms with Crippen molar-refractivity contribution in [1.82, 2.24) is 19.2 Å². The predicted molar refractivity (Wildman–Crippen MR) is 131 cm³/mol. The molecule has 3 aromatic carbocycles. The minimum atomic E-state index is -0.479. The zero-order valence-corrected chi connectivity index (χ0v) is 19.0. The summed E-state index contributed by atoms with van der Waals surface area (Å²) < 4.78 is 3.35. The summed E-state index contributed by atoms with van der Waals surface area (Å²) in [5.41, 5.74) is 1.81. The number of hydrogen-bond donors (Lipinski definition) is 1. The molecule has 1 atom stereocenters. The number of benzene rings is 3. The molecule has 0 radical (unpaired) electrons. The number of fused-ring (bicyclic) bond motifs is 3. The third-order valence-electron chi connectivity index (χ3n) is 5.15. The average Bonchev–Trinajstić information content (AvgIpc) is 3.23. The van der Waals surface area contributed by atoms with Gasteiger partial charge in [0, 0.05) is 10.7 Å². The van der Waals surface area contributed by atoms with Crippen LogP contribution in [0.2, 0.25) is 5.02 Å². The van der Waals surface area contributed by atoms with E-state index in [4.69, 9.17) is 11.6 Å².